The van der Waals surface area contributed by atoms with Crippen LogP contribution in [0.3, 0.4) is 0 Å². The average molecular weight is 568 g/mol. The topological polar surface area (TPSA) is 78.2 Å². The first kappa shape index (κ1) is 27.1. The van der Waals surface area contributed by atoms with E-state index in [0.717, 1.165) is 37.7 Å². The number of alkyl halides is 2. The Hall–Kier alpha value is -2.43. The summed E-state index contributed by atoms with van der Waals surface area (Å²) in [7, 11) is 0. The number of hydrogen-bond donors (Lipinski definition) is 2. The van der Waals surface area contributed by atoms with Crippen LogP contribution in [0, 0.1) is 0 Å². The summed E-state index contributed by atoms with van der Waals surface area (Å²) in [5.41, 5.74) is 1.43. The SMILES string of the molecule is O=C(N[C@H](CN1CCCC1)[C@H](O)c1ccc(N2CCOCC2)c(Cl)c1)C(F)(F)c1cc2cc(Cl)ccc2o1. The molecule has 1 aromatic heterocycles. The third kappa shape index (κ3) is 5.77. The molecule has 1 amide bonds. The molecule has 0 unspecified atom stereocenters. The number of carbonyl (C=O) groups is 1. The number of amides is 1. The van der Waals surface area contributed by atoms with Crippen LogP contribution < -0.4 is 10.2 Å². The minimum Gasteiger partial charge on any atom is -0.454 e. The van der Waals surface area contributed by atoms with E-state index in [-0.39, 0.29) is 12.1 Å². The second-order valence-corrected chi connectivity index (χ2v) is 10.6. The van der Waals surface area contributed by atoms with E-state index >= 15 is 8.78 Å². The van der Waals surface area contributed by atoms with Gasteiger partial charge in [-0.1, -0.05) is 29.3 Å². The molecule has 11 heteroatoms. The number of likely N-dealkylation sites (tertiary alicyclic amines) is 1. The van der Waals surface area contributed by atoms with Crippen LogP contribution in [0.2, 0.25) is 10.0 Å². The number of benzene rings is 2. The van der Waals surface area contributed by atoms with Gasteiger partial charge in [-0.25, -0.2) is 0 Å². The Labute approximate surface area is 229 Å². The number of morpholine rings is 1. The Kier molecular flexibility index (Phi) is 8.11. The number of anilines is 1. The van der Waals surface area contributed by atoms with Crippen molar-refractivity contribution in [1.82, 2.24) is 10.2 Å². The van der Waals surface area contributed by atoms with Crippen molar-refractivity contribution in [2.75, 3.05) is 50.8 Å². The molecule has 5 rings (SSSR count). The van der Waals surface area contributed by atoms with Gasteiger partial charge in [-0.3, -0.25) is 4.79 Å². The van der Waals surface area contributed by atoms with Crippen molar-refractivity contribution in [1.29, 1.82) is 0 Å². The number of aliphatic hydroxyl groups is 1. The zero-order chi connectivity index (χ0) is 26.9. The molecule has 2 aliphatic heterocycles. The van der Waals surface area contributed by atoms with Crippen LogP contribution in [0.25, 0.3) is 11.0 Å². The van der Waals surface area contributed by atoms with Crippen molar-refractivity contribution < 1.29 is 27.8 Å². The predicted molar refractivity (Wildman–Crippen MR) is 142 cm³/mol. The van der Waals surface area contributed by atoms with E-state index in [1.54, 1.807) is 18.2 Å². The van der Waals surface area contributed by atoms with Gasteiger partial charge in [-0.2, -0.15) is 8.78 Å². The lowest BCUT2D eigenvalue weighted by Crippen LogP contribution is -2.50. The van der Waals surface area contributed by atoms with Crippen molar-refractivity contribution >= 4 is 45.8 Å². The van der Waals surface area contributed by atoms with Crippen molar-refractivity contribution in [2.24, 2.45) is 0 Å². The first-order chi connectivity index (χ1) is 18.2. The van der Waals surface area contributed by atoms with Crippen molar-refractivity contribution in [3.05, 3.63) is 63.8 Å². The van der Waals surface area contributed by atoms with Gasteiger partial charge in [0.25, 0.3) is 5.91 Å². The fourth-order valence-electron chi connectivity index (χ4n) is 5.01. The average Bonchev–Trinajstić information content (AvgIpc) is 3.58. The number of nitrogens with one attached hydrogen (secondary N) is 1. The summed E-state index contributed by atoms with van der Waals surface area (Å²) in [6, 6.07) is 9.73. The molecule has 2 N–H and O–H groups in total. The summed E-state index contributed by atoms with van der Waals surface area (Å²) in [4.78, 5) is 17.1. The molecular formula is C27H29Cl2F2N3O4. The van der Waals surface area contributed by atoms with Crippen molar-refractivity contribution in [3.63, 3.8) is 0 Å². The number of hydrogen-bond acceptors (Lipinski definition) is 6. The lowest BCUT2D eigenvalue weighted by Gasteiger charge is -2.31. The zero-order valence-electron chi connectivity index (χ0n) is 20.6. The molecule has 204 valence electrons. The Morgan fingerprint density at radius 1 is 1.05 bits per heavy atom. The van der Waals surface area contributed by atoms with E-state index in [0.29, 0.717) is 47.3 Å². The maximum Gasteiger partial charge on any atom is 0.380 e. The third-order valence-corrected chi connectivity index (χ3v) is 7.63. The minimum atomic E-state index is -3.97. The molecular weight excluding hydrogens is 539 g/mol. The molecule has 3 heterocycles. The molecule has 2 aliphatic rings. The Morgan fingerprint density at radius 3 is 2.50 bits per heavy atom. The molecule has 2 fully saturated rings. The molecule has 0 bridgehead atoms. The van der Waals surface area contributed by atoms with Crippen LogP contribution in [-0.2, 0) is 15.5 Å². The zero-order valence-corrected chi connectivity index (χ0v) is 22.2. The van der Waals surface area contributed by atoms with Gasteiger partial charge < -0.3 is 29.4 Å². The van der Waals surface area contributed by atoms with Gasteiger partial charge in [0.2, 0.25) is 0 Å². The number of carbonyl (C=O) groups excluding carboxylic acids is 1. The number of ether oxygens (including phenoxy) is 1. The smallest absolute Gasteiger partial charge is 0.380 e. The molecule has 2 saturated heterocycles. The molecule has 38 heavy (non-hydrogen) atoms. The monoisotopic (exact) mass is 567 g/mol. The van der Waals surface area contributed by atoms with Crippen LogP contribution in [-0.4, -0.2) is 67.9 Å². The van der Waals surface area contributed by atoms with Gasteiger partial charge in [0.1, 0.15) is 11.7 Å². The maximum atomic E-state index is 15.3. The molecule has 0 saturated carbocycles. The molecule has 2 aromatic carbocycles. The quantitative estimate of drug-likeness (QED) is 0.399. The number of rotatable bonds is 8. The number of furan rings is 1. The first-order valence-corrected chi connectivity index (χ1v) is 13.4. The first-order valence-electron chi connectivity index (χ1n) is 12.6. The van der Waals surface area contributed by atoms with Gasteiger partial charge >= 0.3 is 5.92 Å². The fraction of sp³-hybridized carbons (Fsp3) is 0.444. The van der Waals surface area contributed by atoms with Crippen LogP contribution in [0.1, 0.15) is 30.3 Å². The molecule has 3 aromatic rings. The highest BCUT2D eigenvalue weighted by molar-refractivity contribution is 6.33. The Balaban J connectivity index is 1.37. The van der Waals surface area contributed by atoms with Crippen molar-refractivity contribution in [2.45, 2.75) is 30.9 Å². The molecule has 7 nitrogen and oxygen atoms in total. The number of aliphatic hydroxyl groups excluding tert-OH is 1. The van der Waals surface area contributed by atoms with Crippen LogP contribution in [0.5, 0.6) is 0 Å². The Bertz CT molecular complexity index is 1290. The number of fused-ring (bicyclic) bond motifs is 1. The summed E-state index contributed by atoms with van der Waals surface area (Å²) < 4.78 is 41.2. The second kappa shape index (κ2) is 11.4. The highest BCUT2D eigenvalue weighted by Gasteiger charge is 2.46. The minimum absolute atomic E-state index is 0.195. The number of halogens is 4. The highest BCUT2D eigenvalue weighted by Crippen LogP contribution is 2.35. The van der Waals surface area contributed by atoms with Gasteiger partial charge in [0.05, 0.1) is 30.0 Å². The Morgan fingerprint density at radius 2 is 1.79 bits per heavy atom. The van der Waals surface area contributed by atoms with Gasteiger partial charge in [0.15, 0.2) is 5.76 Å². The lowest BCUT2D eigenvalue weighted by molar-refractivity contribution is -0.151. The van der Waals surface area contributed by atoms with Crippen LogP contribution >= 0.6 is 23.2 Å². The van der Waals surface area contributed by atoms with Gasteiger partial charge in [-0.05, 0) is 67.9 Å². The lowest BCUT2D eigenvalue weighted by atomic mass is 10.0. The van der Waals surface area contributed by atoms with E-state index < -0.39 is 29.7 Å². The summed E-state index contributed by atoms with van der Waals surface area (Å²) in [5.74, 6) is -6.31. The molecule has 0 aliphatic carbocycles. The second-order valence-electron chi connectivity index (χ2n) is 9.71. The normalized spacial score (nSPS) is 18.6. The van der Waals surface area contributed by atoms with E-state index in [1.807, 2.05) is 4.90 Å². The number of nitrogens with zero attached hydrogens (tertiary/aromatic N) is 2. The van der Waals surface area contributed by atoms with Gasteiger partial charge in [0, 0.05) is 30.0 Å². The standard InChI is InChI=1S/C27H29Cl2F2N3O4/c28-19-4-6-23-18(13-19)15-24(38-23)27(30,31)26(36)32-21(16-33-7-1-2-8-33)25(35)17-3-5-22(20(29)14-17)34-9-11-37-12-10-34/h3-6,13-15,21,25,35H,1-2,7-12,16H2,(H,32,36)/t21-,25-/m1/s1. The van der Waals surface area contributed by atoms with Crippen LogP contribution in [0.15, 0.2) is 46.9 Å². The van der Waals surface area contributed by atoms with Crippen molar-refractivity contribution in [3.8, 4) is 0 Å². The molecule has 2 atom stereocenters. The molecule has 0 radical (unpaired) electrons. The van der Waals surface area contributed by atoms with E-state index in [2.05, 4.69) is 10.2 Å². The fourth-order valence-corrected chi connectivity index (χ4v) is 5.50. The van der Waals surface area contributed by atoms with Crippen LogP contribution in [0.4, 0.5) is 14.5 Å². The van der Waals surface area contributed by atoms with E-state index in [9.17, 15) is 9.90 Å². The molecule has 0 spiro atoms. The largest absolute Gasteiger partial charge is 0.454 e. The predicted octanol–water partition coefficient (Wildman–Crippen LogP) is 4.98. The summed E-state index contributed by atoms with van der Waals surface area (Å²) in [5, 5.41) is 14.8. The van der Waals surface area contributed by atoms with Gasteiger partial charge in [-0.15, -0.1) is 0 Å². The summed E-state index contributed by atoms with van der Waals surface area (Å²) in [6.45, 7) is 4.31. The third-order valence-electron chi connectivity index (χ3n) is 7.09. The highest BCUT2D eigenvalue weighted by atomic mass is 35.5. The summed E-state index contributed by atoms with van der Waals surface area (Å²) in [6.07, 6.45) is 0.671. The summed E-state index contributed by atoms with van der Waals surface area (Å²) >= 11 is 12.5. The van der Waals surface area contributed by atoms with E-state index in [1.165, 1.54) is 18.2 Å². The van der Waals surface area contributed by atoms with E-state index in [4.69, 9.17) is 32.4 Å². The maximum absolute atomic E-state index is 15.3.